The Balaban J connectivity index is 1.75. The van der Waals surface area contributed by atoms with Crippen molar-refractivity contribution < 1.29 is 4.74 Å². The summed E-state index contributed by atoms with van der Waals surface area (Å²) in [6, 6.07) is 15.8. The Morgan fingerprint density at radius 1 is 1.23 bits per heavy atom. The third-order valence-electron chi connectivity index (χ3n) is 4.62. The number of rotatable bonds is 6. The first-order valence-electron chi connectivity index (χ1n) is 8.87. The van der Waals surface area contributed by atoms with Gasteiger partial charge in [0.2, 0.25) is 0 Å². The Kier molecular flexibility index (Phi) is 6.36. The number of anilines is 1. The summed E-state index contributed by atoms with van der Waals surface area (Å²) in [5.41, 5.74) is 8.10. The fourth-order valence-electron chi connectivity index (χ4n) is 3.31. The highest BCUT2D eigenvalue weighted by atomic mass is 35.5. The molecular formula is C20H25ClN4O. The van der Waals surface area contributed by atoms with Gasteiger partial charge in [-0.1, -0.05) is 35.9 Å². The molecule has 2 aromatic rings. The van der Waals surface area contributed by atoms with Crippen LogP contribution < -0.4 is 15.8 Å². The number of hydrogen-bond donors (Lipinski definition) is 2. The molecular weight excluding hydrogens is 348 g/mol. The first-order chi connectivity index (χ1) is 12.7. The maximum Gasteiger partial charge on any atom is 0.193 e. The maximum atomic E-state index is 6.19. The monoisotopic (exact) mass is 372 g/mol. The molecule has 6 heteroatoms. The molecule has 1 unspecified atom stereocenters. The minimum absolute atomic E-state index is 0.175. The Bertz CT molecular complexity index is 759. The van der Waals surface area contributed by atoms with Crippen LogP contribution in [0.1, 0.15) is 24.4 Å². The van der Waals surface area contributed by atoms with Crippen LogP contribution in [0.15, 0.2) is 53.5 Å². The summed E-state index contributed by atoms with van der Waals surface area (Å²) in [6.45, 7) is 2.73. The van der Waals surface area contributed by atoms with E-state index in [9.17, 15) is 0 Å². The SMILES string of the molecule is COc1ccccc1NC(N)=NCC(c1cccc(Cl)c1)N1CCCC1. The molecule has 138 valence electrons. The van der Waals surface area contributed by atoms with Crippen LogP contribution in [0, 0.1) is 0 Å². The molecule has 0 amide bonds. The van der Waals surface area contributed by atoms with Crippen molar-refractivity contribution in [3.05, 3.63) is 59.1 Å². The van der Waals surface area contributed by atoms with E-state index in [1.807, 2.05) is 42.5 Å². The largest absolute Gasteiger partial charge is 0.495 e. The van der Waals surface area contributed by atoms with Gasteiger partial charge < -0.3 is 15.8 Å². The molecule has 26 heavy (non-hydrogen) atoms. The number of aliphatic imine (C=N–C) groups is 1. The van der Waals surface area contributed by atoms with E-state index in [0.29, 0.717) is 12.5 Å². The Labute approximate surface area is 159 Å². The van der Waals surface area contributed by atoms with Crippen molar-refractivity contribution in [3.8, 4) is 5.75 Å². The Hall–Kier alpha value is -2.24. The third kappa shape index (κ3) is 4.68. The highest BCUT2D eigenvalue weighted by molar-refractivity contribution is 6.30. The van der Waals surface area contributed by atoms with Crippen molar-refractivity contribution in [2.45, 2.75) is 18.9 Å². The summed E-state index contributed by atoms with van der Waals surface area (Å²) >= 11 is 6.19. The van der Waals surface area contributed by atoms with Crippen LogP contribution in [0.4, 0.5) is 5.69 Å². The fraction of sp³-hybridized carbons (Fsp3) is 0.350. The van der Waals surface area contributed by atoms with Gasteiger partial charge in [0.05, 0.1) is 25.4 Å². The molecule has 1 heterocycles. The van der Waals surface area contributed by atoms with Gasteiger partial charge in [0.15, 0.2) is 5.96 Å². The molecule has 1 aliphatic heterocycles. The predicted octanol–water partition coefficient (Wildman–Crippen LogP) is 3.91. The number of benzene rings is 2. The minimum Gasteiger partial charge on any atom is -0.495 e. The molecule has 3 rings (SSSR count). The van der Waals surface area contributed by atoms with Crippen LogP contribution in [-0.4, -0.2) is 37.6 Å². The van der Waals surface area contributed by atoms with Crippen molar-refractivity contribution in [3.63, 3.8) is 0 Å². The molecule has 1 atom stereocenters. The quantitative estimate of drug-likeness (QED) is 0.596. The van der Waals surface area contributed by atoms with E-state index < -0.39 is 0 Å². The summed E-state index contributed by atoms with van der Waals surface area (Å²) in [6.07, 6.45) is 2.44. The molecule has 5 nitrogen and oxygen atoms in total. The number of nitrogens with zero attached hydrogens (tertiary/aromatic N) is 2. The predicted molar refractivity (Wildman–Crippen MR) is 108 cm³/mol. The van der Waals surface area contributed by atoms with Crippen LogP contribution >= 0.6 is 11.6 Å². The van der Waals surface area contributed by atoms with Gasteiger partial charge in [0.1, 0.15) is 5.75 Å². The number of methoxy groups -OCH3 is 1. The van der Waals surface area contributed by atoms with E-state index in [4.69, 9.17) is 22.1 Å². The van der Waals surface area contributed by atoms with Crippen LogP contribution in [0.2, 0.25) is 5.02 Å². The number of para-hydroxylation sites is 2. The summed E-state index contributed by atoms with van der Waals surface area (Å²) in [4.78, 5) is 7.04. The summed E-state index contributed by atoms with van der Waals surface area (Å²) < 4.78 is 5.34. The molecule has 0 radical (unpaired) electrons. The Morgan fingerprint density at radius 3 is 2.73 bits per heavy atom. The molecule has 3 N–H and O–H groups in total. The normalized spacial score (nSPS) is 16.5. The molecule has 0 spiro atoms. The lowest BCUT2D eigenvalue weighted by Gasteiger charge is -2.27. The Morgan fingerprint density at radius 2 is 2.00 bits per heavy atom. The van der Waals surface area contributed by atoms with Gasteiger partial charge in [-0.25, -0.2) is 0 Å². The highest BCUT2D eigenvalue weighted by Gasteiger charge is 2.23. The van der Waals surface area contributed by atoms with Crippen molar-refractivity contribution in [1.82, 2.24) is 4.90 Å². The number of ether oxygens (including phenoxy) is 1. The number of likely N-dealkylation sites (tertiary alicyclic amines) is 1. The molecule has 1 saturated heterocycles. The molecule has 0 saturated carbocycles. The van der Waals surface area contributed by atoms with E-state index >= 15 is 0 Å². The van der Waals surface area contributed by atoms with Gasteiger partial charge in [-0.15, -0.1) is 0 Å². The number of guanidine groups is 1. The van der Waals surface area contributed by atoms with Crippen molar-refractivity contribution in [1.29, 1.82) is 0 Å². The van der Waals surface area contributed by atoms with Gasteiger partial charge in [-0.05, 0) is 55.8 Å². The van der Waals surface area contributed by atoms with E-state index in [1.54, 1.807) is 7.11 Å². The average molecular weight is 373 g/mol. The first-order valence-corrected chi connectivity index (χ1v) is 9.24. The van der Waals surface area contributed by atoms with Gasteiger partial charge >= 0.3 is 0 Å². The van der Waals surface area contributed by atoms with Crippen LogP contribution in [0.25, 0.3) is 0 Å². The van der Waals surface area contributed by atoms with E-state index in [2.05, 4.69) is 21.3 Å². The number of nitrogens with two attached hydrogens (primary N) is 1. The summed E-state index contributed by atoms with van der Waals surface area (Å²) in [5, 5.41) is 3.87. The summed E-state index contributed by atoms with van der Waals surface area (Å²) in [7, 11) is 1.64. The zero-order valence-electron chi connectivity index (χ0n) is 15.0. The van der Waals surface area contributed by atoms with Crippen molar-refractivity contribution in [2.75, 3.05) is 32.1 Å². The zero-order chi connectivity index (χ0) is 18.4. The molecule has 0 aromatic heterocycles. The van der Waals surface area contributed by atoms with Crippen molar-refractivity contribution >= 4 is 23.2 Å². The number of hydrogen-bond acceptors (Lipinski definition) is 3. The van der Waals surface area contributed by atoms with Crippen molar-refractivity contribution in [2.24, 2.45) is 10.7 Å². The topological polar surface area (TPSA) is 62.9 Å². The van der Waals surface area contributed by atoms with Gasteiger partial charge in [0.25, 0.3) is 0 Å². The molecule has 2 aromatic carbocycles. The molecule has 0 bridgehead atoms. The second kappa shape index (κ2) is 8.92. The standard InChI is InChI=1S/C20H25ClN4O/c1-26-19-10-3-2-9-17(19)24-20(22)23-14-18(25-11-4-5-12-25)15-7-6-8-16(21)13-15/h2-3,6-10,13,18H,4-5,11-12,14H2,1H3,(H3,22,23,24). The van der Waals surface area contributed by atoms with Gasteiger partial charge in [-0.2, -0.15) is 0 Å². The number of nitrogens with one attached hydrogen (secondary N) is 1. The van der Waals surface area contributed by atoms with Crippen LogP contribution in [0.5, 0.6) is 5.75 Å². The second-order valence-electron chi connectivity index (χ2n) is 6.37. The van der Waals surface area contributed by atoms with Crippen LogP contribution in [-0.2, 0) is 0 Å². The summed E-state index contributed by atoms with van der Waals surface area (Å²) in [5.74, 6) is 1.11. The van der Waals surface area contributed by atoms with E-state index in [1.165, 1.54) is 18.4 Å². The fourth-order valence-corrected chi connectivity index (χ4v) is 3.51. The number of halogens is 1. The first kappa shape index (κ1) is 18.5. The van der Waals surface area contributed by atoms with Gasteiger partial charge in [0, 0.05) is 5.02 Å². The smallest absolute Gasteiger partial charge is 0.193 e. The second-order valence-corrected chi connectivity index (χ2v) is 6.80. The lowest BCUT2D eigenvalue weighted by molar-refractivity contribution is 0.252. The lowest BCUT2D eigenvalue weighted by Crippen LogP contribution is -2.30. The highest BCUT2D eigenvalue weighted by Crippen LogP contribution is 2.27. The van der Waals surface area contributed by atoms with E-state index in [0.717, 1.165) is 29.5 Å². The lowest BCUT2D eigenvalue weighted by atomic mass is 10.1. The molecule has 1 aliphatic rings. The average Bonchev–Trinajstić information content (AvgIpc) is 3.17. The minimum atomic E-state index is 0.175. The van der Waals surface area contributed by atoms with Gasteiger partial charge in [-0.3, -0.25) is 9.89 Å². The third-order valence-corrected chi connectivity index (χ3v) is 4.85. The van der Waals surface area contributed by atoms with Crippen LogP contribution in [0.3, 0.4) is 0 Å². The maximum absolute atomic E-state index is 6.19. The molecule has 0 aliphatic carbocycles. The zero-order valence-corrected chi connectivity index (χ0v) is 15.7. The van der Waals surface area contributed by atoms with E-state index in [-0.39, 0.29) is 6.04 Å². The molecule has 1 fully saturated rings.